The molecule has 0 aromatic heterocycles. The van der Waals surface area contributed by atoms with E-state index in [0.29, 0.717) is 0 Å². The maximum Gasteiger partial charge on any atom is 0.244 e. The molecule has 1 saturated carbocycles. The van der Waals surface area contributed by atoms with E-state index in [1.165, 1.54) is 0 Å². The highest BCUT2D eigenvalue weighted by Gasteiger charge is 2.45. The Bertz CT molecular complexity index is 683. The predicted molar refractivity (Wildman–Crippen MR) is 87.2 cm³/mol. The molecular formula is C18H20N2O2. The number of hydrogen-bond donors (Lipinski definition) is 2. The van der Waals surface area contributed by atoms with Crippen molar-refractivity contribution >= 4 is 11.6 Å². The minimum Gasteiger partial charge on any atom is -0.457 e. The van der Waals surface area contributed by atoms with Crippen LogP contribution in [0.15, 0.2) is 42.5 Å². The number of amides is 1. The molecule has 1 aliphatic rings. The molecule has 4 nitrogen and oxygen atoms in total. The molecule has 4 heteroatoms. The van der Waals surface area contributed by atoms with Crippen LogP contribution < -0.4 is 15.8 Å². The molecule has 22 heavy (non-hydrogen) atoms. The summed E-state index contributed by atoms with van der Waals surface area (Å²) in [4.78, 5) is 11.9. The van der Waals surface area contributed by atoms with Gasteiger partial charge in [0.25, 0.3) is 0 Å². The summed E-state index contributed by atoms with van der Waals surface area (Å²) >= 11 is 0. The van der Waals surface area contributed by atoms with E-state index >= 15 is 0 Å². The Morgan fingerprint density at radius 2 is 1.64 bits per heavy atom. The first-order valence-electron chi connectivity index (χ1n) is 7.41. The number of anilines is 1. The number of ether oxygens (including phenoxy) is 1. The highest BCUT2D eigenvalue weighted by molar-refractivity contribution is 6.00. The van der Waals surface area contributed by atoms with Crippen molar-refractivity contribution < 1.29 is 9.53 Å². The Morgan fingerprint density at radius 1 is 1.05 bits per heavy atom. The van der Waals surface area contributed by atoms with Crippen molar-refractivity contribution in [3.05, 3.63) is 53.6 Å². The number of nitrogens with two attached hydrogens (primary N) is 1. The largest absolute Gasteiger partial charge is 0.457 e. The average Bonchev–Trinajstić information content (AvgIpc) is 3.19. The summed E-state index contributed by atoms with van der Waals surface area (Å²) in [6.45, 7) is 4.08. The molecule has 0 atom stereocenters. The summed E-state index contributed by atoms with van der Waals surface area (Å²) in [5.74, 6) is 1.43. The van der Waals surface area contributed by atoms with E-state index in [-0.39, 0.29) is 5.91 Å². The number of aryl methyl sites for hydroxylation is 2. The van der Waals surface area contributed by atoms with Crippen LogP contribution in [0.25, 0.3) is 0 Å². The molecule has 3 rings (SSSR count). The number of carbonyl (C=O) groups excluding carboxylic acids is 1. The lowest BCUT2D eigenvalue weighted by atomic mass is 10.1. The Balaban J connectivity index is 1.67. The molecule has 0 radical (unpaired) electrons. The molecule has 114 valence electrons. The minimum atomic E-state index is -0.658. The van der Waals surface area contributed by atoms with Gasteiger partial charge in [0.05, 0.1) is 5.54 Å². The fraction of sp³-hybridized carbons (Fsp3) is 0.278. The lowest BCUT2D eigenvalue weighted by Gasteiger charge is -2.11. The molecule has 0 unspecified atom stereocenters. The van der Waals surface area contributed by atoms with Crippen molar-refractivity contribution in [2.24, 2.45) is 5.73 Å². The average molecular weight is 296 g/mol. The van der Waals surface area contributed by atoms with Crippen LogP contribution in [0.5, 0.6) is 11.5 Å². The van der Waals surface area contributed by atoms with Crippen LogP contribution in [0.4, 0.5) is 5.69 Å². The first-order valence-corrected chi connectivity index (χ1v) is 7.41. The van der Waals surface area contributed by atoms with Gasteiger partial charge in [-0.15, -0.1) is 0 Å². The van der Waals surface area contributed by atoms with Crippen molar-refractivity contribution in [3.63, 3.8) is 0 Å². The van der Waals surface area contributed by atoms with Gasteiger partial charge in [0, 0.05) is 5.69 Å². The van der Waals surface area contributed by atoms with E-state index in [4.69, 9.17) is 10.5 Å². The number of carbonyl (C=O) groups is 1. The van der Waals surface area contributed by atoms with Crippen molar-refractivity contribution in [2.75, 3.05) is 5.32 Å². The lowest BCUT2D eigenvalue weighted by molar-refractivity contribution is -0.118. The Labute approximate surface area is 130 Å². The molecule has 1 amide bonds. The van der Waals surface area contributed by atoms with Crippen LogP contribution in [-0.2, 0) is 4.79 Å². The fourth-order valence-electron chi connectivity index (χ4n) is 2.35. The minimum absolute atomic E-state index is 0.115. The van der Waals surface area contributed by atoms with Crippen LogP contribution in [0.3, 0.4) is 0 Å². The molecule has 1 fully saturated rings. The van der Waals surface area contributed by atoms with Gasteiger partial charge in [-0.1, -0.05) is 6.07 Å². The normalized spacial score (nSPS) is 15.2. The molecule has 0 bridgehead atoms. The van der Waals surface area contributed by atoms with Crippen molar-refractivity contribution in [2.45, 2.75) is 32.2 Å². The van der Waals surface area contributed by atoms with Gasteiger partial charge in [-0.25, -0.2) is 0 Å². The molecule has 3 N–H and O–H groups in total. The number of benzene rings is 2. The van der Waals surface area contributed by atoms with Crippen LogP contribution in [0, 0.1) is 13.8 Å². The first-order chi connectivity index (χ1) is 10.4. The van der Waals surface area contributed by atoms with E-state index in [1.807, 2.05) is 50.2 Å². The SMILES string of the molecule is Cc1cc(C)cc(Oc2ccc(NC(=O)C3(N)CC3)cc2)c1. The maximum atomic E-state index is 11.9. The number of nitrogens with one attached hydrogen (secondary N) is 1. The fourth-order valence-corrected chi connectivity index (χ4v) is 2.35. The van der Waals surface area contributed by atoms with E-state index in [9.17, 15) is 4.79 Å². The van der Waals surface area contributed by atoms with Crippen LogP contribution in [0.1, 0.15) is 24.0 Å². The van der Waals surface area contributed by atoms with Gasteiger partial charge < -0.3 is 15.8 Å². The molecule has 1 aliphatic carbocycles. The molecule has 2 aromatic rings. The topological polar surface area (TPSA) is 64.3 Å². The molecule has 0 aliphatic heterocycles. The number of rotatable bonds is 4. The molecule has 0 saturated heterocycles. The Kier molecular flexibility index (Phi) is 3.62. The van der Waals surface area contributed by atoms with Gasteiger partial charge in [-0.05, 0) is 74.2 Å². The summed E-state index contributed by atoms with van der Waals surface area (Å²) in [6.07, 6.45) is 1.51. The van der Waals surface area contributed by atoms with Gasteiger partial charge in [-0.3, -0.25) is 4.79 Å². The zero-order chi connectivity index (χ0) is 15.7. The van der Waals surface area contributed by atoms with Crippen molar-refractivity contribution in [1.82, 2.24) is 0 Å². The molecule has 2 aromatic carbocycles. The summed E-state index contributed by atoms with van der Waals surface area (Å²) in [5, 5.41) is 2.83. The molecular weight excluding hydrogens is 276 g/mol. The third-order valence-electron chi connectivity index (χ3n) is 3.78. The summed E-state index contributed by atoms with van der Waals surface area (Å²) < 4.78 is 5.84. The van der Waals surface area contributed by atoms with Gasteiger partial charge in [-0.2, -0.15) is 0 Å². The van der Waals surface area contributed by atoms with E-state index in [2.05, 4.69) is 11.4 Å². The third-order valence-corrected chi connectivity index (χ3v) is 3.78. The van der Waals surface area contributed by atoms with E-state index < -0.39 is 5.54 Å². The smallest absolute Gasteiger partial charge is 0.244 e. The highest BCUT2D eigenvalue weighted by Crippen LogP contribution is 2.33. The quantitative estimate of drug-likeness (QED) is 0.907. The second kappa shape index (κ2) is 5.46. The first kappa shape index (κ1) is 14.6. The van der Waals surface area contributed by atoms with Gasteiger partial charge >= 0.3 is 0 Å². The highest BCUT2D eigenvalue weighted by atomic mass is 16.5. The van der Waals surface area contributed by atoms with E-state index in [1.54, 1.807) is 0 Å². The third kappa shape index (κ3) is 3.28. The zero-order valence-corrected chi connectivity index (χ0v) is 12.8. The predicted octanol–water partition coefficient (Wildman–Crippen LogP) is 3.53. The summed E-state index contributed by atoms with van der Waals surface area (Å²) in [6, 6.07) is 13.4. The van der Waals surface area contributed by atoms with E-state index in [0.717, 1.165) is 41.2 Å². The monoisotopic (exact) mass is 296 g/mol. The summed E-state index contributed by atoms with van der Waals surface area (Å²) in [5.41, 5.74) is 8.26. The Morgan fingerprint density at radius 3 is 2.18 bits per heavy atom. The van der Waals surface area contributed by atoms with Gasteiger partial charge in [0.15, 0.2) is 0 Å². The van der Waals surface area contributed by atoms with Gasteiger partial charge in [0.2, 0.25) is 5.91 Å². The summed E-state index contributed by atoms with van der Waals surface area (Å²) in [7, 11) is 0. The molecule has 0 heterocycles. The second-order valence-electron chi connectivity index (χ2n) is 6.06. The standard InChI is InChI=1S/C18H20N2O2/c1-12-9-13(2)11-16(10-12)22-15-5-3-14(4-6-15)20-17(21)18(19)7-8-18/h3-6,9-11H,7-8,19H2,1-2H3,(H,20,21). The second-order valence-corrected chi connectivity index (χ2v) is 6.06. The number of hydrogen-bond acceptors (Lipinski definition) is 3. The van der Waals surface area contributed by atoms with Gasteiger partial charge in [0.1, 0.15) is 11.5 Å². The zero-order valence-electron chi connectivity index (χ0n) is 12.8. The lowest BCUT2D eigenvalue weighted by Crippen LogP contribution is -2.37. The maximum absolute atomic E-state index is 11.9. The van der Waals surface area contributed by atoms with Crippen molar-refractivity contribution in [1.29, 1.82) is 0 Å². The van der Waals surface area contributed by atoms with Crippen molar-refractivity contribution in [3.8, 4) is 11.5 Å². The van der Waals surface area contributed by atoms with Crippen LogP contribution in [0.2, 0.25) is 0 Å². The van der Waals surface area contributed by atoms with Crippen LogP contribution in [-0.4, -0.2) is 11.4 Å². The Hall–Kier alpha value is -2.33. The molecule has 0 spiro atoms. The van der Waals surface area contributed by atoms with Crippen LogP contribution >= 0.6 is 0 Å².